The zero-order valence-corrected chi connectivity index (χ0v) is 23.3. The number of rotatable bonds is 5. The third-order valence-electron chi connectivity index (χ3n) is 9.28. The van der Waals surface area contributed by atoms with E-state index in [1.807, 2.05) is 0 Å². The van der Waals surface area contributed by atoms with Crippen molar-refractivity contribution in [1.29, 1.82) is 0 Å². The standard InChI is InChI=1S/C33H46N2O3/c1-37-30-15-13-28(14-16-30)25-34-22-23-38-31-12-5-4-10-29(31)11-6-7-17-33(26-34)18-20-35(21-19-33)32(36)24-27-8-2-3-9-27/h4-5,10,12-16,27H,2-3,6-9,11,17-26H2,1H3. The Labute approximate surface area is 229 Å². The van der Waals surface area contributed by atoms with E-state index in [2.05, 4.69) is 58.3 Å². The van der Waals surface area contributed by atoms with Gasteiger partial charge >= 0.3 is 0 Å². The van der Waals surface area contributed by atoms with Crippen molar-refractivity contribution in [2.75, 3.05) is 39.9 Å². The Morgan fingerprint density at radius 1 is 0.947 bits per heavy atom. The minimum Gasteiger partial charge on any atom is -0.497 e. The number of hydrogen-bond donors (Lipinski definition) is 0. The largest absolute Gasteiger partial charge is 0.497 e. The highest BCUT2D eigenvalue weighted by atomic mass is 16.5. The van der Waals surface area contributed by atoms with Gasteiger partial charge in [0.1, 0.15) is 18.1 Å². The van der Waals surface area contributed by atoms with Crippen LogP contribution in [0.4, 0.5) is 0 Å². The molecule has 2 aromatic rings. The Bertz CT molecular complexity index is 1020. The molecule has 0 N–H and O–H groups in total. The fourth-order valence-electron chi connectivity index (χ4n) is 6.94. The maximum atomic E-state index is 13.1. The van der Waals surface area contributed by atoms with Crippen LogP contribution in [0.2, 0.25) is 0 Å². The molecule has 38 heavy (non-hydrogen) atoms. The van der Waals surface area contributed by atoms with Gasteiger partial charge in [-0.3, -0.25) is 9.69 Å². The van der Waals surface area contributed by atoms with E-state index in [4.69, 9.17) is 9.47 Å². The van der Waals surface area contributed by atoms with Gasteiger partial charge in [-0.1, -0.05) is 49.6 Å². The summed E-state index contributed by atoms with van der Waals surface area (Å²) in [6.45, 7) is 5.39. The number of likely N-dealkylation sites (tertiary alicyclic amines) is 1. The van der Waals surface area contributed by atoms with Crippen LogP contribution in [-0.2, 0) is 17.8 Å². The lowest BCUT2D eigenvalue weighted by Gasteiger charge is -2.45. The first kappa shape index (κ1) is 27.1. The number of nitrogens with zero attached hydrogens (tertiary/aromatic N) is 2. The van der Waals surface area contributed by atoms with Crippen molar-refractivity contribution in [3.05, 3.63) is 59.7 Å². The molecule has 5 nitrogen and oxygen atoms in total. The summed E-state index contributed by atoms with van der Waals surface area (Å²) in [5.74, 6) is 2.97. The summed E-state index contributed by atoms with van der Waals surface area (Å²) in [6.07, 6.45) is 12.8. The first-order valence-corrected chi connectivity index (χ1v) is 15.0. The van der Waals surface area contributed by atoms with E-state index in [-0.39, 0.29) is 5.41 Å². The molecule has 0 unspecified atom stereocenters. The molecule has 3 aliphatic rings. The first-order chi connectivity index (χ1) is 18.6. The molecule has 2 fully saturated rings. The Morgan fingerprint density at radius 2 is 1.71 bits per heavy atom. The number of carbonyl (C=O) groups is 1. The first-order valence-electron chi connectivity index (χ1n) is 15.0. The van der Waals surface area contributed by atoms with Crippen LogP contribution >= 0.6 is 0 Å². The zero-order chi connectivity index (χ0) is 26.2. The molecule has 2 aromatic carbocycles. The van der Waals surface area contributed by atoms with E-state index >= 15 is 0 Å². The lowest BCUT2D eigenvalue weighted by Crippen LogP contribution is -2.48. The average Bonchev–Trinajstić information content (AvgIpc) is 3.45. The lowest BCUT2D eigenvalue weighted by molar-refractivity contribution is -0.134. The van der Waals surface area contributed by atoms with Crippen molar-refractivity contribution in [3.8, 4) is 11.5 Å². The number of amides is 1. The molecule has 0 radical (unpaired) electrons. The molecule has 0 aromatic heterocycles. The predicted molar refractivity (Wildman–Crippen MR) is 153 cm³/mol. The molecule has 1 saturated heterocycles. The summed E-state index contributed by atoms with van der Waals surface area (Å²) in [5.41, 5.74) is 2.89. The molecule has 1 amide bonds. The Balaban J connectivity index is 1.29. The van der Waals surface area contributed by atoms with Crippen molar-refractivity contribution in [2.24, 2.45) is 11.3 Å². The van der Waals surface area contributed by atoms with Gasteiger partial charge in [-0.15, -0.1) is 0 Å². The van der Waals surface area contributed by atoms with Crippen LogP contribution in [-0.4, -0.2) is 55.6 Å². The van der Waals surface area contributed by atoms with Gasteiger partial charge in [0.15, 0.2) is 0 Å². The molecule has 206 valence electrons. The number of fused-ring (bicyclic) bond motifs is 1. The summed E-state index contributed by atoms with van der Waals surface area (Å²) >= 11 is 0. The molecule has 2 heterocycles. The van der Waals surface area contributed by atoms with Gasteiger partial charge in [-0.2, -0.15) is 0 Å². The highest BCUT2D eigenvalue weighted by molar-refractivity contribution is 5.76. The number of para-hydroxylation sites is 1. The second-order valence-corrected chi connectivity index (χ2v) is 12.0. The van der Waals surface area contributed by atoms with Crippen LogP contribution in [0, 0.1) is 11.3 Å². The van der Waals surface area contributed by atoms with Gasteiger partial charge in [0.2, 0.25) is 5.91 Å². The summed E-state index contributed by atoms with van der Waals surface area (Å²) < 4.78 is 11.7. The van der Waals surface area contributed by atoms with Crippen molar-refractivity contribution >= 4 is 5.91 Å². The number of benzene rings is 2. The van der Waals surface area contributed by atoms with Gasteiger partial charge in [0, 0.05) is 39.1 Å². The maximum absolute atomic E-state index is 13.1. The molecule has 1 saturated carbocycles. The van der Waals surface area contributed by atoms with Crippen LogP contribution in [0.1, 0.15) is 75.3 Å². The van der Waals surface area contributed by atoms with E-state index < -0.39 is 0 Å². The highest BCUT2D eigenvalue weighted by Gasteiger charge is 2.37. The average molecular weight is 519 g/mol. The molecule has 2 aliphatic heterocycles. The molecule has 1 aliphatic carbocycles. The van der Waals surface area contributed by atoms with Crippen LogP contribution in [0.5, 0.6) is 11.5 Å². The molecule has 1 spiro atoms. The lowest BCUT2D eigenvalue weighted by atomic mass is 9.73. The van der Waals surface area contributed by atoms with E-state index in [0.29, 0.717) is 18.4 Å². The number of carbonyl (C=O) groups excluding carboxylic acids is 1. The summed E-state index contributed by atoms with van der Waals surface area (Å²) in [7, 11) is 1.72. The van der Waals surface area contributed by atoms with Gasteiger partial charge in [-0.25, -0.2) is 0 Å². The van der Waals surface area contributed by atoms with Crippen LogP contribution in [0.3, 0.4) is 0 Å². The normalized spacial score (nSPS) is 21.2. The molecule has 5 heteroatoms. The topological polar surface area (TPSA) is 42.0 Å². The molecule has 0 atom stereocenters. The quantitative estimate of drug-likeness (QED) is 0.454. The highest BCUT2D eigenvalue weighted by Crippen LogP contribution is 2.39. The van der Waals surface area contributed by atoms with Gasteiger partial charge in [0.05, 0.1) is 7.11 Å². The number of ether oxygens (including phenoxy) is 2. The minimum atomic E-state index is 0.259. The minimum absolute atomic E-state index is 0.259. The predicted octanol–water partition coefficient (Wildman–Crippen LogP) is 6.49. The van der Waals surface area contributed by atoms with Gasteiger partial charge in [0.25, 0.3) is 0 Å². The maximum Gasteiger partial charge on any atom is 0.222 e. The van der Waals surface area contributed by atoms with E-state index in [1.54, 1.807) is 7.11 Å². The number of hydrogen-bond acceptors (Lipinski definition) is 4. The van der Waals surface area contributed by atoms with Crippen molar-refractivity contribution in [1.82, 2.24) is 9.80 Å². The Hall–Kier alpha value is -2.53. The molecular weight excluding hydrogens is 472 g/mol. The third kappa shape index (κ3) is 7.11. The SMILES string of the molecule is COc1ccc(CN2CCOc3ccccc3CCCCC3(CCN(C(=O)CC4CCCC4)CC3)C2)cc1. The van der Waals surface area contributed by atoms with Crippen molar-refractivity contribution in [3.63, 3.8) is 0 Å². The zero-order valence-electron chi connectivity index (χ0n) is 23.3. The van der Waals surface area contributed by atoms with Crippen molar-refractivity contribution < 1.29 is 14.3 Å². The van der Waals surface area contributed by atoms with Crippen LogP contribution in [0.15, 0.2) is 48.5 Å². The third-order valence-corrected chi connectivity index (χ3v) is 9.28. The molecule has 5 rings (SSSR count). The Kier molecular flexibility index (Phi) is 9.27. The summed E-state index contributed by atoms with van der Waals surface area (Å²) in [5, 5.41) is 0. The molecular formula is C33H46N2O3. The van der Waals surface area contributed by atoms with E-state index in [0.717, 1.165) is 69.9 Å². The second-order valence-electron chi connectivity index (χ2n) is 12.0. The second kappa shape index (κ2) is 13.0. The van der Waals surface area contributed by atoms with Gasteiger partial charge in [-0.05, 0) is 85.6 Å². The monoisotopic (exact) mass is 518 g/mol. The fraction of sp³-hybridized carbons (Fsp3) is 0.606. The molecule has 0 bridgehead atoms. The summed E-state index contributed by atoms with van der Waals surface area (Å²) in [6, 6.07) is 17.0. The number of aryl methyl sites for hydroxylation is 1. The van der Waals surface area contributed by atoms with E-state index in [1.165, 1.54) is 56.1 Å². The smallest absolute Gasteiger partial charge is 0.222 e. The van der Waals surface area contributed by atoms with Crippen molar-refractivity contribution in [2.45, 2.75) is 77.2 Å². The number of piperidine rings is 1. The fourth-order valence-corrected chi connectivity index (χ4v) is 6.94. The van der Waals surface area contributed by atoms with Gasteiger partial charge < -0.3 is 14.4 Å². The Morgan fingerprint density at radius 3 is 2.47 bits per heavy atom. The van der Waals surface area contributed by atoms with Crippen LogP contribution in [0.25, 0.3) is 0 Å². The van der Waals surface area contributed by atoms with E-state index in [9.17, 15) is 4.79 Å². The van der Waals surface area contributed by atoms with Crippen LogP contribution < -0.4 is 9.47 Å². The number of methoxy groups -OCH3 is 1. The summed E-state index contributed by atoms with van der Waals surface area (Å²) in [4.78, 5) is 17.9.